The van der Waals surface area contributed by atoms with Gasteiger partial charge in [-0.15, -0.1) is 0 Å². The van der Waals surface area contributed by atoms with E-state index in [1.165, 1.54) is 0 Å². The normalized spacial score (nSPS) is 12.5. The number of aliphatic hydroxyl groups is 1. The molecular weight excluding hydrogens is 266 g/mol. The van der Waals surface area contributed by atoms with E-state index in [0.29, 0.717) is 23.7 Å². The van der Waals surface area contributed by atoms with Crippen LogP contribution in [-0.2, 0) is 0 Å². The quantitative estimate of drug-likeness (QED) is 0.589. The van der Waals surface area contributed by atoms with Crippen molar-refractivity contribution in [3.63, 3.8) is 0 Å². The van der Waals surface area contributed by atoms with Gasteiger partial charge in [0.05, 0.1) is 5.56 Å². The van der Waals surface area contributed by atoms with Crippen LogP contribution in [0, 0.1) is 5.92 Å². The molecule has 114 valence electrons. The minimum atomic E-state index is -0.106. The van der Waals surface area contributed by atoms with Gasteiger partial charge in [-0.05, 0) is 37.0 Å². The Hall–Kier alpha value is -2.01. The average Bonchev–Trinajstić information content (AvgIpc) is 2.88. The SMILES string of the molecule is CCCC(CCO)CNC(=O)c1c[nH]c2ccc(N)cc12. The van der Waals surface area contributed by atoms with Gasteiger partial charge in [0.25, 0.3) is 5.91 Å². The van der Waals surface area contributed by atoms with E-state index in [2.05, 4.69) is 17.2 Å². The van der Waals surface area contributed by atoms with E-state index in [1.54, 1.807) is 18.3 Å². The molecule has 1 unspecified atom stereocenters. The first kappa shape index (κ1) is 15.4. The van der Waals surface area contributed by atoms with Crippen LogP contribution in [0.3, 0.4) is 0 Å². The molecule has 21 heavy (non-hydrogen) atoms. The monoisotopic (exact) mass is 289 g/mol. The number of amides is 1. The van der Waals surface area contributed by atoms with Crippen LogP contribution in [0.25, 0.3) is 10.9 Å². The summed E-state index contributed by atoms with van der Waals surface area (Å²) in [7, 11) is 0. The van der Waals surface area contributed by atoms with Crippen LogP contribution in [0.15, 0.2) is 24.4 Å². The Labute approximate surface area is 124 Å². The Balaban J connectivity index is 2.06. The van der Waals surface area contributed by atoms with Crippen LogP contribution in [0.1, 0.15) is 36.5 Å². The summed E-state index contributed by atoms with van der Waals surface area (Å²) in [5.74, 6) is 0.213. The number of aliphatic hydroxyl groups excluding tert-OH is 1. The highest BCUT2D eigenvalue weighted by molar-refractivity contribution is 6.07. The number of carbonyl (C=O) groups excluding carboxylic acids is 1. The highest BCUT2D eigenvalue weighted by Crippen LogP contribution is 2.21. The molecule has 1 heterocycles. The number of hydrogen-bond acceptors (Lipinski definition) is 3. The standard InChI is InChI=1S/C16H23N3O2/c1-2-3-11(6-7-20)9-19-16(21)14-10-18-15-5-4-12(17)8-13(14)15/h4-5,8,10-11,18,20H,2-3,6-7,9,17H2,1H3,(H,19,21). The molecule has 1 amide bonds. The van der Waals surface area contributed by atoms with Gasteiger partial charge in [0.15, 0.2) is 0 Å². The van der Waals surface area contributed by atoms with E-state index >= 15 is 0 Å². The van der Waals surface area contributed by atoms with Crippen molar-refractivity contribution in [2.24, 2.45) is 5.92 Å². The summed E-state index contributed by atoms with van der Waals surface area (Å²) in [5.41, 5.74) is 7.93. The van der Waals surface area contributed by atoms with Crippen LogP contribution in [0.4, 0.5) is 5.69 Å². The zero-order valence-corrected chi connectivity index (χ0v) is 12.4. The number of nitrogens with one attached hydrogen (secondary N) is 2. The Kier molecular flexibility index (Phi) is 5.22. The van der Waals surface area contributed by atoms with Crippen molar-refractivity contribution in [1.82, 2.24) is 10.3 Å². The molecule has 5 N–H and O–H groups in total. The smallest absolute Gasteiger partial charge is 0.253 e. The molecule has 2 aromatic rings. The molecule has 2 rings (SSSR count). The molecular formula is C16H23N3O2. The molecule has 1 aromatic heterocycles. The van der Waals surface area contributed by atoms with Gasteiger partial charge in [-0.1, -0.05) is 13.3 Å². The lowest BCUT2D eigenvalue weighted by Gasteiger charge is -2.15. The van der Waals surface area contributed by atoms with Crippen molar-refractivity contribution in [3.05, 3.63) is 30.0 Å². The molecule has 1 aromatic carbocycles. The summed E-state index contributed by atoms with van der Waals surface area (Å²) in [4.78, 5) is 15.4. The highest BCUT2D eigenvalue weighted by Gasteiger charge is 2.14. The van der Waals surface area contributed by atoms with E-state index < -0.39 is 0 Å². The van der Waals surface area contributed by atoms with Crippen LogP contribution in [0.2, 0.25) is 0 Å². The number of nitrogen functional groups attached to an aromatic ring is 1. The minimum absolute atomic E-state index is 0.106. The second-order valence-corrected chi connectivity index (χ2v) is 5.38. The number of benzene rings is 1. The topological polar surface area (TPSA) is 91.1 Å². The number of carbonyl (C=O) groups is 1. The maximum atomic E-state index is 12.3. The summed E-state index contributed by atoms with van der Waals surface area (Å²) in [5, 5.41) is 12.8. The summed E-state index contributed by atoms with van der Waals surface area (Å²) in [6, 6.07) is 5.48. The van der Waals surface area contributed by atoms with Crippen LogP contribution < -0.4 is 11.1 Å². The van der Waals surface area contributed by atoms with Crippen LogP contribution >= 0.6 is 0 Å². The second-order valence-electron chi connectivity index (χ2n) is 5.38. The second kappa shape index (κ2) is 7.13. The first-order valence-corrected chi connectivity index (χ1v) is 7.41. The lowest BCUT2D eigenvalue weighted by molar-refractivity contribution is 0.0944. The number of aromatic amines is 1. The van der Waals surface area contributed by atoms with Gasteiger partial charge >= 0.3 is 0 Å². The first-order chi connectivity index (χ1) is 10.2. The molecule has 0 saturated carbocycles. The zero-order chi connectivity index (χ0) is 15.2. The Morgan fingerprint density at radius 1 is 1.43 bits per heavy atom. The lowest BCUT2D eigenvalue weighted by atomic mass is 10.00. The third-order valence-electron chi connectivity index (χ3n) is 3.74. The maximum Gasteiger partial charge on any atom is 0.253 e. The summed E-state index contributed by atoms with van der Waals surface area (Å²) in [6.07, 6.45) is 4.47. The maximum absolute atomic E-state index is 12.3. The molecule has 0 fully saturated rings. The van der Waals surface area contributed by atoms with Crippen molar-refractivity contribution < 1.29 is 9.90 Å². The van der Waals surface area contributed by atoms with E-state index in [1.807, 2.05) is 6.07 Å². The molecule has 0 aliphatic rings. The number of hydrogen-bond donors (Lipinski definition) is 4. The third kappa shape index (κ3) is 3.76. The molecule has 0 saturated heterocycles. The first-order valence-electron chi connectivity index (χ1n) is 7.41. The van der Waals surface area contributed by atoms with Gasteiger partial charge < -0.3 is 21.1 Å². The molecule has 5 heteroatoms. The molecule has 0 spiro atoms. The minimum Gasteiger partial charge on any atom is -0.399 e. The predicted molar refractivity (Wildman–Crippen MR) is 85.1 cm³/mol. The third-order valence-corrected chi connectivity index (χ3v) is 3.74. The molecule has 5 nitrogen and oxygen atoms in total. The van der Waals surface area contributed by atoms with E-state index in [9.17, 15) is 4.79 Å². The van der Waals surface area contributed by atoms with Crippen molar-refractivity contribution in [2.75, 3.05) is 18.9 Å². The number of aromatic nitrogens is 1. The largest absolute Gasteiger partial charge is 0.399 e. The number of rotatable bonds is 7. The lowest BCUT2D eigenvalue weighted by Crippen LogP contribution is -2.29. The van der Waals surface area contributed by atoms with Crippen molar-refractivity contribution in [3.8, 4) is 0 Å². The fourth-order valence-electron chi connectivity index (χ4n) is 2.60. The molecule has 0 aliphatic heterocycles. The molecule has 0 aliphatic carbocycles. The van der Waals surface area contributed by atoms with Gasteiger partial charge in [0.2, 0.25) is 0 Å². The van der Waals surface area contributed by atoms with Crippen LogP contribution in [-0.4, -0.2) is 29.1 Å². The highest BCUT2D eigenvalue weighted by atomic mass is 16.3. The van der Waals surface area contributed by atoms with Gasteiger partial charge in [0, 0.05) is 35.9 Å². The van der Waals surface area contributed by atoms with E-state index in [0.717, 1.165) is 30.2 Å². The Morgan fingerprint density at radius 3 is 2.95 bits per heavy atom. The predicted octanol–water partition coefficient (Wildman–Crippen LogP) is 2.28. The summed E-state index contributed by atoms with van der Waals surface area (Å²) >= 11 is 0. The van der Waals surface area contributed by atoms with Gasteiger partial charge in [0.1, 0.15) is 0 Å². The van der Waals surface area contributed by atoms with Gasteiger partial charge in [-0.3, -0.25) is 4.79 Å². The van der Waals surface area contributed by atoms with Crippen molar-refractivity contribution in [1.29, 1.82) is 0 Å². The van der Waals surface area contributed by atoms with Crippen molar-refractivity contribution in [2.45, 2.75) is 26.2 Å². The van der Waals surface area contributed by atoms with Gasteiger partial charge in [-0.2, -0.15) is 0 Å². The molecule has 0 bridgehead atoms. The number of H-pyrrole nitrogens is 1. The number of nitrogens with two attached hydrogens (primary N) is 1. The van der Waals surface area contributed by atoms with Crippen molar-refractivity contribution >= 4 is 22.5 Å². The van der Waals surface area contributed by atoms with Gasteiger partial charge in [-0.25, -0.2) is 0 Å². The fraction of sp³-hybridized carbons (Fsp3) is 0.438. The average molecular weight is 289 g/mol. The Morgan fingerprint density at radius 2 is 2.24 bits per heavy atom. The fourth-order valence-corrected chi connectivity index (χ4v) is 2.60. The number of fused-ring (bicyclic) bond motifs is 1. The molecule has 1 atom stereocenters. The number of anilines is 1. The van der Waals surface area contributed by atoms with E-state index in [-0.39, 0.29) is 12.5 Å². The summed E-state index contributed by atoms with van der Waals surface area (Å²) in [6.45, 7) is 2.85. The Bertz CT molecular complexity index is 601. The summed E-state index contributed by atoms with van der Waals surface area (Å²) < 4.78 is 0. The van der Waals surface area contributed by atoms with E-state index in [4.69, 9.17) is 10.8 Å². The molecule has 0 radical (unpaired) electrons. The van der Waals surface area contributed by atoms with Crippen LogP contribution in [0.5, 0.6) is 0 Å². The zero-order valence-electron chi connectivity index (χ0n) is 12.4.